The third-order valence-electron chi connectivity index (χ3n) is 6.41. The standard InChI is InChI=1S/C24H20F4N6O3/c1-11(37-21-19-20(30-9-29-19)31-10-32-21)3-6-17(35)12(2)18-15-8-23(15,18)34-22(36)33-13-4-5-16(25)14(7-13)24(26,27)28/h3-7,9-10,15,18,35H,2,8H2,1H3,(H2,33,34,36)(H,29,30,31,32)/b11-3+,17-6+/t15-,18+,23-/m0/s1. The normalized spacial score (nSPS) is 22.8. The Morgan fingerprint density at radius 2 is 2.08 bits per heavy atom. The van der Waals surface area contributed by atoms with Crippen LogP contribution >= 0.6 is 0 Å². The first-order chi connectivity index (χ1) is 17.5. The van der Waals surface area contributed by atoms with Gasteiger partial charge >= 0.3 is 12.2 Å². The summed E-state index contributed by atoms with van der Waals surface area (Å²) in [4.78, 5) is 27.4. The number of nitrogens with zero attached hydrogens (tertiary/aromatic N) is 3. The summed E-state index contributed by atoms with van der Waals surface area (Å²) in [5.41, 5.74) is -0.929. The van der Waals surface area contributed by atoms with Gasteiger partial charge in [0.05, 0.1) is 17.4 Å². The molecule has 37 heavy (non-hydrogen) atoms. The summed E-state index contributed by atoms with van der Waals surface area (Å²) < 4.78 is 57.9. The van der Waals surface area contributed by atoms with Gasteiger partial charge in [0.15, 0.2) is 5.65 Å². The summed E-state index contributed by atoms with van der Waals surface area (Å²) in [6, 6.07) is 1.48. The summed E-state index contributed by atoms with van der Waals surface area (Å²) >= 11 is 0. The van der Waals surface area contributed by atoms with Crippen LogP contribution < -0.4 is 15.4 Å². The van der Waals surface area contributed by atoms with Gasteiger partial charge in [-0.1, -0.05) is 6.58 Å². The smallest absolute Gasteiger partial charge is 0.419 e. The lowest BCUT2D eigenvalue weighted by molar-refractivity contribution is -0.139. The Labute approximate surface area is 207 Å². The molecule has 4 N–H and O–H groups in total. The lowest BCUT2D eigenvalue weighted by Gasteiger charge is -2.16. The molecule has 0 aliphatic heterocycles. The van der Waals surface area contributed by atoms with Gasteiger partial charge in [-0.25, -0.2) is 19.2 Å². The highest BCUT2D eigenvalue weighted by Crippen LogP contribution is 2.74. The number of ether oxygens (including phenoxy) is 1. The molecule has 3 aromatic rings. The van der Waals surface area contributed by atoms with Crippen LogP contribution in [-0.2, 0) is 6.18 Å². The van der Waals surface area contributed by atoms with E-state index in [1.807, 2.05) is 0 Å². The zero-order valence-corrected chi connectivity index (χ0v) is 19.2. The van der Waals surface area contributed by atoms with E-state index >= 15 is 0 Å². The van der Waals surface area contributed by atoms with Gasteiger partial charge in [0.1, 0.15) is 29.2 Å². The molecular formula is C24H20F4N6O3. The number of allylic oxidation sites excluding steroid dienone is 4. The van der Waals surface area contributed by atoms with E-state index in [2.05, 4.69) is 37.1 Å². The second kappa shape index (κ2) is 8.61. The minimum Gasteiger partial charge on any atom is -0.508 e. The minimum absolute atomic E-state index is 0.0521. The Hall–Kier alpha value is -4.42. The lowest BCUT2D eigenvalue weighted by atomic mass is 10.0. The van der Waals surface area contributed by atoms with Crippen LogP contribution in [0.2, 0.25) is 0 Å². The number of aliphatic hydroxyl groups excluding tert-OH is 1. The number of fused-ring (bicyclic) bond motifs is 2. The molecule has 192 valence electrons. The lowest BCUT2D eigenvalue weighted by Crippen LogP contribution is -2.37. The summed E-state index contributed by atoms with van der Waals surface area (Å²) in [6.07, 6.45) is 1.46. The second-order valence-electron chi connectivity index (χ2n) is 8.84. The van der Waals surface area contributed by atoms with Gasteiger partial charge in [0, 0.05) is 11.6 Å². The van der Waals surface area contributed by atoms with Gasteiger partial charge < -0.3 is 25.5 Å². The van der Waals surface area contributed by atoms with E-state index in [0.29, 0.717) is 41.0 Å². The third kappa shape index (κ3) is 4.59. The molecule has 13 heteroatoms. The van der Waals surface area contributed by atoms with Gasteiger partial charge in [-0.2, -0.15) is 18.2 Å². The molecule has 0 unspecified atom stereocenters. The fourth-order valence-corrected chi connectivity index (χ4v) is 4.35. The zero-order chi connectivity index (χ0) is 26.5. The highest BCUT2D eigenvalue weighted by Gasteiger charge is 2.80. The third-order valence-corrected chi connectivity index (χ3v) is 6.41. The number of halogens is 4. The molecule has 9 nitrogen and oxygen atoms in total. The van der Waals surface area contributed by atoms with Gasteiger partial charge in [-0.15, -0.1) is 0 Å². The summed E-state index contributed by atoms with van der Waals surface area (Å²) in [6.45, 7) is 5.58. The predicted octanol–water partition coefficient (Wildman–Crippen LogP) is 5.00. The number of benzene rings is 1. The number of anilines is 1. The number of urea groups is 1. The molecule has 0 saturated heterocycles. The number of aliphatic hydroxyl groups is 1. The number of aromatic amines is 1. The van der Waals surface area contributed by atoms with Crippen molar-refractivity contribution in [1.29, 1.82) is 0 Å². The van der Waals surface area contributed by atoms with Gasteiger partial charge in [-0.3, -0.25) is 0 Å². The summed E-state index contributed by atoms with van der Waals surface area (Å²) in [7, 11) is 0. The van der Waals surface area contributed by atoms with E-state index in [-0.39, 0.29) is 29.2 Å². The van der Waals surface area contributed by atoms with Crippen LogP contribution in [0.15, 0.2) is 66.7 Å². The molecule has 2 aromatic heterocycles. The molecule has 1 aromatic carbocycles. The van der Waals surface area contributed by atoms with Crippen LogP contribution in [-0.4, -0.2) is 36.6 Å². The average molecular weight is 516 g/mol. The van der Waals surface area contributed by atoms with Crippen LogP contribution in [0.4, 0.5) is 28.0 Å². The van der Waals surface area contributed by atoms with Crippen molar-refractivity contribution in [2.75, 3.05) is 5.32 Å². The van der Waals surface area contributed by atoms with Crippen LogP contribution in [0, 0.1) is 17.7 Å². The monoisotopic (exact) mass is 516 g/mol. The Kier molecular flexibility index (Phi) is 5.65. The van der Waals surface area contributed by atoms with Crippen LogP contribution in [0.25, 0.3) is 11.2 Å². The van der Waals surface area contributed by atoms with Crippen molar-refractivity contribution < 1.29 is 32.2 Å². The van der Waals surface area contributed by atoms with E-state index in [1.54, 1.807) is 6.92 Å². The number of hydrogen-bond donors (Lipinski definition) is 4. The number of H-pyrrole nitrogens is 1. The minimum atomic E-state index is -4.89. The summed E-state index contributed by atoms with van der Waals surface area (Å²) in [5, 5.41) is 15.5. The van der Waals surface area contributed by atoms with Crippen molar-refractivity contribution in [3.05, 3.63) is 78.1 Å². The van der Waals surface area contributed by atoms with E-state index in [4.69, 9.17) is 4.74 Å². The molecule has 2 aliphatic rings. The van der Waals surface area contributed by atoms with Crippen molar-refractivity contribution >= 4 is 22.9 Å². The van der Waals surface area contributed by atoms with Crippen molar-refractivity contribution in [3.8, 4) is 5.88 Å². The van der Waals surface area contributed by atoms with Gasteiger partial charge in [0.25, 0.3) is 0 Å². The van der Waals surface area contributed by atoms with Crippen molar-refractivity contribution in [2.45, 2.75) is 25.1 Å². The second-order valence-corrected chi connectivity index (χ2v) is 8.84. The van der Waals surface area contributed by atoms with Crippen LogP contribution in [0.3, 0.4) is 0 Å². The molecule has 0 radical (unpaired) electrons. The molecule has 3 atom stereocenters. The number of amides is 2. The molecule has 2 heterocycles. The van der Waals surface area contributed by atoms with Crippen molar-refractivity contribution in [3.63, 3.8) is 0 Å². The van der Waals surface area contributed by atoms with Crippen LogP contribution in [0.5, 0.6) is 5.88 Å². The van der Waals surface area contributed by atoms with Crippen LogP contribution in [0.1, 0.15) is 18.9 Å². The van der Waals surface area contributed by atoms with E-state index in [0.717, 1.165) is 6.07 Å². The SMILES string of the molecule is C=C(/C(O)=C\C=C(/C)Oc1ncnc2nc[nH]c12)[C@@H]1[C@@H]2C[C@@]12NC(=O)Nc1ccc(F)c(C(F)(F)F)c1. The molecule has 0 bridgehead atoms. The fourth-order valence-electron chi connectivity index (χ4n) is 4.35. The zero-order valence-electron chi connectivity index (χ0n) is 19.2. The van der Waals surface area contributed by atoms with E-state index < -0.39 is 29.1 Å². The predicted molar refractivity (Wildman–Crippen MR) is 124 cm³/mol. The van der Waals surface area contributed by atoms with Crippen molar-refractivity contribution in [2.24, 2.45) is 11.8 Å². The highest BCUT2D eigenvalue weighted by molar-refractivity contribution is 5.91. The molecule has 2 fully saturated rings. The Bertz CT molecular complexity index is 1480. The van der Waals surface area contributed by atoms with Crippen molar-refractivity contribution in [1.82, 2.24) is 25.3 Å². The number of nitrogens with one attached hydrogen (secondary N) is 3. The summed E-state index contributed by atoms with van der Waals surface area (Å²) in [5.74, 6) is -1.03. The average Bonchev–Trinajstić information content (AvgIpc) is 3.58. The molecular weight excluding hydrogens is 496 g/mol. The maximum absolute atomic E-state index is 13.5. The molecule has 5 rings (SSSR count). The number of carbonyl (C=O) groups is 1. The largest absolute Gasteiger partial charge is 0.508 e. The Balaban J connectivity index is 1.19. The molecule has 2 aliphatic carbocycles. The number of carbonyl (C=O) groups excluding carboxylic acids is 1. The van der Waals surface area contributed by atoms with Gasteiger partial charge in [-0.05, 0) is 55.2 Å². The quantitative estimate of drug-likeness (QED) is 0.199. The maximum atomic E-state index is 13.5. The Morgan fingerprint density at radius 1 is 1.30 bits per heavy atom. The number of hydrogen-bond acceptors (Lipinski definition) is 6. The Morgan fingerprint density at radius 3 is 2.81 bits per heavy atom. The molecule has 2 saturated carbocycles. The number of rotatable bonds is 7. The first-order valence-corrected chi connectivity index (χ1v) is 11.0. The first-order valence-electron chi connectivity index (χ1n) is 11.0. The molecule has 2 amide bonds. The number of alkyl halides is 3. The number of aromatic nitrogens is 4. The van der Waals surface area contributed by atoms with Gasteiger partial charge in [0.2, 0.25) is 5.88 Å². The fraction of sp³-hybridized carbons (Fsp3) is 0.250. The molecule has 0 spiro atoms. The highest BCUT2D eigenvalue weighted by atomic mass is 19.4. The van der Waals surface area contributed by atoms with E-state index in [1.165, 1.54) is 24.8 Å². The maximum Gasteiger partial charge on any atom is 0.419 e. The van der Waals surface area contributed by atoms with E-state index in [9.17, 15) is 27.5 Å². The topological polar surface area (TPSA) is 125 Å². The number of imidazole rings is 1. The first kappa shape index (κ1) is 24.3.